The standard InChI is InChI=1S/C25H33N7O2/c1-18(21-2-4-22(5-3-21)31-6-8-34-9-7-31)28-29-23(33)15-24-11-19-10-20(12-24)14-25(13-19,16-24)32-27-17-26-30-32/h2-5,17,19-20H,6-16H2,1H3,(H,29,33)/b28-18+/t19-,20+,24?,25?. The lowest BCUT2D eigenvalue weighted by Crippen LogP contribution is -2.58. The van der Waals surface area contributed by atoms with Crippen LogP contribution in [0, 0.1) is 17.3 Å². The number of hydrazone groups is 1. The number of hydrogen-bond acceptors (Lipinski definition) is 7. The number of rotatable bonds is 6. The number of hydrogen-bond donors (Lipinski definition) is 1. The van der Waals surface area contributed by atoms with Crippen molar-refractivity contribution in [2.75, 3.05) is 31.2 Å². The van der Waals surface area contributed by atoms with Crippen LogP contribution in [-0.2, 0) is 15.1 Å². The van der Waals surface area contributed by atoms with Crippen LogP contribution in [0.5, 0.6) is 0 Å². The molecule has 0 radical (unpaired) electrons. The summed E-state index contributed by atoms with van der Waals surface area (Å²) < 4.78 is 5.44. The molecule has 1 aliphatic heterocycles. The van der Waals surface area contributed by atoms with Gasteiger partial charge in [0, 0.05) is 25.2 Å². The van der Waals surface area contributed by atoms with Crippen LogP contribution in [0.3, 0.4) is 0 Å². The maximum atomic E-state index is 13.0. The molecule has 1 aromatic carbocycles. The van der Waals surface area contributed by atoms with Crippen LogP contribution in [0.2, 0.25) is 0 Å². The Labute approximate surface area is 199 Å². The van der Waals surface area contributed by atoms with Crippen molar-refractivity contribution in [1.29, 1.82) is 0 Å². The third kappa shape index (κ3) is 4.00. The molecule has 1 amide bonds. The summed E-state index contributed by atoms with van der Waals surface area (Å²) >= 11 is 0. The number of carbonyl (C=O) groups excluding carboxylic acids is 1. The number of carbonyl (C=O) groups is 1. The smallest absolute Gasteiger partial charge is 0.240 e. The van der Waals surface area contributed by atoms with Gasteiger partial charge < -0.3 is 9.64 Å². The van der Waals surface area contributed by atoms with Crippen LogP contribution in [-0.4, -0.2) is 58.1 Å². The van der Waals surface area contributed by atoms with Crippen LogP contribution < -0.4 is 10.3 Å². The highest BCUT2D eigenvalue weighted by molar-refractivity contribution is 5.99. The number of nitrogens with one attached hydrogen (secondary N) is 1. The zero-order valence-electron chi connectivity index (χ0n) is 19.8. The topological polar surface area (TPSA) is 97.5 Å². The van der Waals surface area contributed by atoms with Crippen molar-refractivity contribution in [2.24, 2.45) is 22.4 Å². The van der Waals surface area contributed by atoms with Gasteiger partial charge in [0.1, 0.15) is 0 Å². The predicted octanol–water partition coefficient (Wildman–Crippen LogP) is 2.74. The van der Waals surface area contributed by atoms with E-state index in [9.17, 15) is 4.79 Å². The summed E-state index contributed by atoms with van der Waals surface area (Å²) in [6.45, 7) is 5.32. The fourth-order valence-electron chi connectivity index (χ4n) is 7.55. The number of benzene rings is 1. The first-order chi connectivity index (χ1) is 16.5. The molecule has 9 heteroatoms. The number of amides is 1. The number of aromatic nitrogens is 4. The van der Waals surface area contributed by atoms with Crippen molar-refractivity contribution in [3.8, 4) is 0 Å². The quantitative estimate of drug-likeness (QED) is 0.523. The molecule has 1 saturated heterocycles. The maximum absolute atomic E-state index is 13.0. The van der Waals surface area contributed by atoms with E-state index in [2.05, 4.69) is 55.1 Å². The van der Waals surface area contributed by atoms with Gasteiger partial charge in [-0.3, -0.25) is 4.79 Å². The monoisotopic (exact) mass is 463 g/mol. The molecule has 7 rings (SSSR count). The molecular weight excluding hydrogens is 430 g/mol. The molecule has 34 heavy (non-hydrogen) atoms. The van der Waals surface area contributed by atoms with Gasteiger partial charge in [0.2, 0.25) is 5.91 Å². The van der Waals surface area contributed by atoms with E-state index in [1.165, 1.54) is 18.4 Å². The summed E-state index contributed by atoms with van der Waals surface area (Å²) in [5.74, 6) is 1.30. The van der Waals surface area contributed by atoms with Crippen molar-refractivity contribution in [3.05, 3.63) is 36.2 Å². The maximum Gasteiger partial charge on any atom is 0.240 e. The van der Waals surface area contributed by atoms with Gasteiger partial charge in [-0.2, -0.15) is 9.90 Å². The van der Waals surface area contributed by atoms with Crippen molar-refractivity contribution in [3.63, 3.8) is 0 Å². The predicted molar refractivity (Wildman–Crippen MR) is 127 cm³/mol. The van der Waals surface area contributed by atoms with Crippen LogP contribution in [0.25, 0.3) is 0 Å². The lowest BCUT2D eigenvalue weighted by molar-refractivity contribution is -0.139. The zero-order chi connectivity index (χ0) is 23.2. The van der Waals surface area contributed by atoms with E-state index in [4.69, 9.17) is 4.74 Å². The first-order valence-corrected chi connectivity index (χ1v) is 12.5. The molecule has 1 N–H and O–H groups in total. The van der Waals surface area contributed by atoms with Crippen LogP contribution in [0.15, 0.2) is 35.7 Å². The van der Waals surface area contributed by atoms with E-state index in [0.29, 0.717) is 18.3 Å². The summed E-state index contributed by atoms with van der Waals surface area (Å²) in [6, 6.07) is 8.39. The fraction of sp³-hybridized carbons (Fsp3) is 0.640. The highest BCUT2D eigenvalue weighted by Gasteiger charge is 2.59. The summed E-state index contributed by atoms with van der Waals surface area (Å²) in [6.07, 6.45) is 8.76. The van der Waals surface area contributed by atoms with Gasteiger partial charge in [-0.05, 0) is 85.6 Å². The van der Waals surface area contributed by atoms with E-state index in [1.807, 2.05) is 11.7 Å². The number of nitrogens with zero attached hydrogens (tertiary/aromatic N) is 6. The molecule has 1 aromatic heterocycles. The Morgan fingerprint density at radius 2 is 1.88 bits per heavy atom. The van der Waals surface area contributed by atoms with Gasteiger partial charge in [0.05, 0.1) is 24.5 Å². The minimum Gasteiger partial charge on any atom is -0.378 e. The largest absolute Gasteiger partial charge is 0.378 e. The third-order valence-corrected chi connectivity index (χ3v) is 8.47. The minimum atomic E-state index is -0.0672. The Kier molecular flexibility index (Phi) is 5.39. The minimum absolute atomic E-state index is 0.00735. The second-order valence-corrected chi connectivity index (χ2v) is 11.0. The molecule has 4 aliphatic carbocycles. The molecule has 4 bridgehead atoms. The van der Waals surface area contributed by atoms with Gasteiger partial charge in [0.25, 0.3) is 0 Å². The SMILES string of the molecule is C/C(=N\NC(=O)CC12C[C@H]3C[C@@H](C1)CC(n1ncnn1)(C3)C2)c1ccc(N2CCOCC2)cc1. The highest BCUT2D eigenvalue weighted by atomic mass is 16.5. The Bertz CT molecular complexity index is 1050. The number of anilines is 1. The van der Waals surface area contributed by atoms with E-state index in [1.54, 1.807) is 0 Å². The Morgan fingerprint density at radius 1 is 1.15 bits per heavy atom. The molecule has 5 aliphatic rings. The second-order valence-electron chi connectivity index (χ2n) is 11.0. The first-order valence-electron chi connectivity index (χ1n) is 12.5. The van der Waals surface area contributed by atoms with Crippen LogP contribution in [0.1, 0.15) is 57.4 Å². The van der Waals surface area contributed by atoms with Crippen molar-refractivity contribution in [2.45, 2.75) is 57.4 Å². The molecule has 0 spiro atoms. The summed E-state index contributed by atoms with van der Waals surface area (Å²) in [5.41, 5.74) is 5.83. The van der Waals surface area contributed by atoms with Gasteiger partial charge >= 0.3 is 0 Å². The molecule has 4 saturated carbocycles. The lowest BCUT2D eigenvalue weighted by atomic mass is 9.46. The summed E-state index contributed by atoms with van der Waals surface area (Å²) in [5, 5.41) is 17.1. The highest BCUT2D eigenvalue weighted by Crippen LogP contribution is 2.64. The molecule has 9 nitrogen and oxygen atoms in total. The number of ether oxygens (including phenoxy) is 1. The van der Waals surface area contributed by atoms with Crippen molar-refractivity contribution in [1.82, 2.24) is 25.6 Å². The van der Waals surface area contributed by atoms with Gasteiger partial charge in [-0.1, -0.05) is 12.1 Å². The Hall–Kier alpha value is -2.81. The number of tetrazole rings is 1. The fourth-order valence-corrected chi connectivity index (χ4v) is 7.55. The third-order valence-electron chi connectivity index (χ3n) is 8.47. The van der Waals surface area contributed by atoms with E-state index in [-0.39, 0.29) is 16.9 Å². The van der Waals surface area contributed by atoms with E-state index >= 15 is 0 Å². The second kappa shape index (κ2) is 8.45. The van der Waals surface area contributed by atoms with E-state index < -0.39 is 0 Å². The summed E-state index contributed by atoms with van der Waals surface area (Å²) in [4.78, 5) is 17.2. The number of morpholine rings is 1. The molecule has 2 unspecified atom stereocenters. The lowest BCUT2D eigenvalue weighted by Gasteiger charge is -2.61. The van der Waals surface area contributed by atoms with Crippen molar-refractivity contribution < 1.29 is 9.53 Å². The van der Waals surface area contributed by atoms with E-state index in [0.717, 1.165) is 69.7 Å². The Morgan fingerprint density at radius 3 is 2.56 bits per heavy atom. The molecule has 180 valence electrons. The molecule has 2 heterocycles. The molecule has 2 aromatic rings. The summed E-state index contributed by atoms with van der Waals surface area (Å²) in [7, 11) is 0. The van der Waals surface area contributed by atoms with Gasteiger partial charge in [-0.25, -0.2) is 5.43 Å². The first kappa shape index (κ1) is 21.7. The van der Waals surface area contributed by atoms with Crippen LogP contribution >= 0.6 is 0 Å². The average molecular weight is 464 g/mol. The molecule has 5 fully saturated rings. The Balaban J connectivity index is 1.11. The molecule has 4 atom stereocenters. The van der Waals surface area contributed by atoms with Gasteiger partial charge in [0.15, 0.2) is 6.33 Å². The molecular formula is C25H33N7O2. The zero-order valence-corrected chi connectivity index (χ0v) is 19.8. The van der Waals surface area contributed by atoms with Gasteiger partial charge in [-0.15, -0.1) is 10.2 Å². The average Bonchev–Trinajstić information content (AvgIpc) is 3.38. The van der Waals surface area contributed by atoms with Crippen LogP contribution in [0.4, 0.5) is 5.69 Å². The normalized spacial score (nSPS) is 32.7. The van der Waals surface area contributed by atoms with Crippen molar-refractivity contribution >= 4 is 17.3 Å².